The Balaban J connectivity index is 1.89. The van der Waals surface area contributed by atoms with Gasteiger partial charge in [0.25, 0.3) is 5.79 Å². The number of imidazole rings is 1. The Bertz CT molecular complexity index is 834. The van der Waals surface area contributed by atoms with Crippen LogP contribution in [0.2, 0.25) is 0 Å². The summed E-state index contributed by atoms with van der Waals surface area (Å²) in [4.78, 5) is 4.86. The van der Waals surface area contributed by atoms with Crippen molar-refractivity contribution >= 4 is 27.0 Å². The van der Waals surface area contributed by atoms with Gasteiger partial charge in [-0.3, -0.25) is 0 Å². The molecule has 1 aromatic heterocycles. The molecular weight excluding hydrogens is 368 g/mol. The van der Waals surface area contributed by atoms with Crippen LogP contribution in [0.3, 0.4) is 0 Å². The number of hydrogen-bond donors (Lipinski definition) is 0. The average Bonchev–Trinajstić information content (AvgIpc) is 3.03. The summed E-state index contributed by atoms with van der Waals surface area (Å²) in [6, 6.07) is 18.3. The maximum atomic E-state index is 6.32. The Morgan fingerprint density at radius 3 is 2.75 bits per heavy atom. The molecule has 1 atom stereocenters. The van der Waals surface area contributed by atoms with E-state index in [1.165, 1.54) is 0 Å². The first kappa shape index (κ1) is 15.8. The highest BCUT2D eigenvalue weighted by Crippen LogP contribution is 2.39. The fraction of sp³-hybridized carbons (Fsp3) is 0.316. The molecule has 0 amide bonds. The van der Waals surface area contributed by atoms with Crippen LogP contribution < -0.4 is 0 Å². The molecule has 1 aliphatic rings. The van der Waals surface area contributed by atoms with Crippen LogP contribution >= 0.6 is 15.9 Å². The van der Waals surface area contributed by atoms with E-state index in [0.29, 0.717) is 13.2 Å². The largest absolute Gasteiger partial charge is 0.340 e. The molecular formula is C19H19BrN2O2. The zero-order valence-electron chi connectivity index (χ0n) is 13.3. The quantitative estimate of drug-likeness (QED) is 0.489. The van der Waals surface area contributed by atoms with Crippen LogP contribution in [-0.4, -0.2) is 28.1 Å². The first-order valence-corrected chi connectivity index (χ1v) is 9.32. The predicted molar refractivity (Wildman–Crippen MR) is 97.3 cm³/mol. The summed E-state index contributed by atoms with van der Waals surface area (Å²) in [7, 11) is 0. The van der Waals surface area contributed by atoms with Crippen LogP contribution in [0.4, 0.5) is 0 Å². The SMILES string of the molecule is BrCCCOC1(c2ccccc2)OCCn2c1nc1ccccc12. The molecule has 0 spiro atoms. The molecule has 2 heterocycles. The van der Waals surface area contributed by atoms with Crippen molar-refractivity contribution in [1.29, 1.82) is 0 Å². The number of benzene rings is 2. The molecule has 1 unspecified atom stereocenters. The van der Waals surface area contributed by atoms with Crippen molar-refractivity contribution in [2.75, 3.05) is 18.5 Å². The van der Waals surface area contributed by atoms with E-state index >= 15 is 0 Å². The number of fused-ring (bicyclic) bond motifs is 3. The van der Waals surface area contributed by atoms with Gasteiger partial charge in [0, 0.05) is 17.4 Å². The summed E-state index contributed by atoms with van der Waals surface area (Å²) in [6.45, 7) is 1.98. The summed E-state index contributed by atoms with van der Waals surface area (Å²) >= 11 is 3.47. The fourth-order valence-corrected chi connectivity index (χ4v) is 3.46. The Kier molecular flexibility index (Phi) is 4.39. The second kappa shape index (κ2) is 6.67. The zero-order chi connectivity index (χ0) is 16.4. The number of alkyl halides is 1. The van der Waals surface area contributed by atoms with Gasteiger partial charge in [-0.25, -0.2) is 4.98 Å². The number of halogens is 1. The first-order chi connectivity index (χ1) is 11.8. The lowest BCUT2D eigenvalue weighted by atomic mass is 10.0. The maximum Gasteiger partial charge on any atom is 0.256 e. The highest BCUT2D eigenvalue weighted by molar-refractivity contribution is 9.09. The molecule has 1 aliphatic heterocycles. The van der Waals surface area contributed by atoms with Crippen molar-refractivity contribution in [3.8, 4) is 0 Å². The van der Waals surface area contributed by atoms with Crippen LogP contribution in [0.25, 0.3) is 11.0 Å². The summed E-state index contributed by atoms with van der Waals surface area (Å²) < 4.78 is 14.8. The standard InChI is InChI=1S/C19H19BrN2O2/c20-11-6-13-23-19(15-7-2-1-3-8-15)18-21-16-9-4-5-10-17(16)22(18)12-14-24-19/h1-5,7-10H,6,11-14H2. The minimum Gasteiger partial charge on any atom is -0.340 e. The first-order valence-electron chi connectivity index (χ1n) is 8.20. The van der Waals surface area contributed by atoms with Gasteiger partial charge in [-0.2, -0.15) is 0 Å². The molecule has 3 aromatic rings. The molecule has 0 saturated carbocycles. The summed E-state index contributed by atoms with van der Waals surface area (Å²) in [6.07, 6.45) is 0.915. The highest BCUT2D eigenvalue weighted by atomic mass is 79.9. The number of hydrogen-bond acceptors (Lipinski definition) is 3. The smallest absolute Gasteiger partial charge is 0.256 e. The lowest BCUT2D eigenvalue weighted by Crippen LogP contribution is -2.42. The molecule has 0 N–H and O–H groups in total. The minimum atomic E-state index is -0.944. The van der Waals surface area contributed by atoms with Gasteiger partial charge in [-0.1, -0.05) is 58.4 Å². The molecule has 0 fully saturated rings. The van der Waals surface area contributed by atoms with Crippen LogP contribution in [0.15, 0.2) is 54.6 Å². The van der Waals surface area contributed by atoms with Crippen molar-refractivity contribution in [1.82, 2.24) is 9.55 Å². The molecule has 0 radical (unpaired) electrons. The van der Waals surface area contributed by atoms with Gasteiger partial charge in [0.2, 0.25) is 0 Å². The Morgan fingerprint density at radius 2 is 1.92 bits per heavy atom. The number of nitrogens with zero attached hydrogens (tertiary/aromatic N) is 2. The van der Waals surface area contributed by atoms with E-state index in [1.54, 1.807) is 0 Å². The lowest BCUT2D eigenvalue weighted by molar-refractivity contribution is -0.235. The predicted octanol–water partition coefficient (Wildman–Crippen LogP) is 4.07. The summed E-state index contributed by atoms with van der Waals surface area (Å²) in [5, 5.41) is 0.897. The molecule has 124 valence electrons. The molecule has 24 heavy (non-hydrogen) atoms. The topological polar surface area (TPSA) is 36.3 Å². The lowest BCUT2D eigenvalue weighted by Gasteiger charge is -2.37. The second-order valence-electron chi connectivity index (χ2n) is 5.80. The Morgan fingerprint density at radius 1 is 1.12 bits per heavy atom. The van der Waals surface area contributed by atoms with Crippen LogP contribution in [0, 0.1) is 0 Å². The summed E-state index contributed by atoms with van der Waals surface area (Å²) in [5.41, 5.74) is 3.08. The number of aromatic nitrogens is 2. The van der Waals surface area contributed by atoms with Gasteiger partial charge in [0.15, 0.2) is 5.82 Å². The molecule has 0 saturated heterocycles. The van der Waals surface area contributed by atoms with Gasteiger partial charge in [-0.15, -0.1) is 0 Å². The third kappa shape index (κ3) is 2.57. The second-order valence-corrected chi connectivity index (χ2v) is 6.59. The van der Waals surface area contributed by atoms with E-state index in [0.717, 1.165) is 40.7 Å². The molecule has 0 bridgehead atoms. The number of ether oxygens (including phenoxy) is 2. The van der Waals surface area contributed by atoms with E-state index in [4.69, 9.17) is 14.5 Å². The highest BCUT2D eigenvalue weighted by Gasteiger charge is 2.44. The number of rotatable bonds is 5. The third-order valence-corrected chi connectivity index (χ3v) is 4.87. The Hall–Kier alpha value is -1.69. The van der Waals surface area contributed by atoms with Crippen molar-refractivity contribution in [2.24, 2.45) is 0 Å². The molecule has 4 rings (SSSR count). The van der Waals surface area contributed by atoms with Crippen molar-refractivity contribution in [2.45, 2.75) is 18.8 Å². The number of para-hydroxylation sites is 2. The van der Waals surface area contributed by atoms with Crippen LogP contribution in [0.1, 0.15) is 17.8 Å². The van der Waals surface area contributed by atoms with Crippen molar-refractivity contribution in [3.05, 3.63) is 66.0 Å². The van der Waals surface area contributed by atoms with E-state index in [9.17, 15) is 0 Å². The Labute approximate surface area is 149 Å². The van der Waals surface area contributed by atoms with E-state index in [1.807, 2.05) is 48.5 Å². The van der Waals surface area contributed by atoms with Crippen LogP contribution in [0.5, 0.6) is 0 Å². The fourth-order valence-electron chi connectivity index (χ4n) is 3.23. The van der Waals surface area contributed by atoms with Gasteiger partial charge in [0.05, 0.1) is 24.2 Å². The zero-order valence-corrected chi connectivity index (χ0v) is 14.9. The minimum absolute atomic E-state index is 0.594. The van der Waals surface area contributed by atoms with E-state index in [2.05, 4.69) is 26.6 Å². The molecule has 4 nitrogen and oxygen atoms in total. The van der Waals surface area contributed by atoms with Gasteiger partial charge in [-0.05, 0) is 18.6 Å². The van der Waals surface area contributed by atoms with Gasteiger partial charge < -0.3 is 14.0 Å². The van der Waals surface area contributed by atoms with Gasteiger partial charge >= 0.3 is 0 Å². The van der Waals surface area contributed by atoms with Crippen molar-refractivity contribution < 1.29 is 9.47 Å². The van der Waals surface area contributed by atoms with Crippen molar-refractivity contribution in [3.63, 3.8) is 0 Å². The van der Waals surface area contributed by atoms with Crippen LogP contribution in [-0.2, 0) is 21.8 Å². The third-order valence-electron chi connectivity index (χ3n) is 4.31. The average molecular weight is 387 g/mol. The molecule has 2 aromatic carbocycles. The summed E-state index contributed by atoms with van der Waals surface area (Å²) in [5.74, 6) is -0.114. The maximum absolute atomic E-state index is 6.32. The normalized spacial score (nSPS) is 20.2. The monoisotopic (exact) mass is 386 g/mol. The van der Waals surface area contributed by atoms with E-state index in [-0.39, 0.29) is 0 Å². The molecule has 5 heteroatoms. The molecule has 0 aliphatic carbocycles. The van der Waals surface area contributed by atoms with E-state index < -0.39 is 5.79 Å². The van der Waals surface area contributed by atoms with Gasteiger partial charge in [0.1, 0.15) is 0 Å².